The van der Waals surface area contributed by atoms with Crippen LogP contribution in [-0.4, -0.2) is 6.91 Å². The van der Waals surface area contributed by atoms with E-state index < -0.39 is 0 Å². The second-order valence-corrected chi connectivity index (χ2v) is 4.57. The van der Waals surface area contributed by atoms with Crippen LogP contribution >= 0.6 is 11.6 Å². The minimum atomic E-state index is 0.879. The first kappa shape index (κ1) is 11.4. The molecule has 2 aromatic rings. The SMILES string of the molecule is Cc1cc(C)c(-c2bcccc2)c(C)c1Cl. The predicted molar refractivity (Wildman–Crippen MR) is 72.4 cm³/mol. The van der Waals surface area contributed by atoms with Crippen LogP contribution < -0.4 is 0 Å². The van der Waals surface area contributed by atoms with Gasteiger partial charge in [0, 0.05) is 0 Å². The van der Waals surface area contributed by atoms with Gasteiger partial charge >= 0.3 is 102 Å². The van der Waals surface area contributed by atoms with Crippen LogP contribution in [0.1, 0.15) is 16.7 Å². The summed E-state index contributed by atoms with van der Waals surface area (Å²) in [7, 11) is 0. The van der Waals surface area contributed by atoms with E-state index in [0.717, 1.165) is 10.6 Å². The van der Waals surface area contributed by atoms with Gasteiger partial charge in [-0.2, -0.15) is 0 Å². The fourth-order valence-electron chi connectivity index (χ4n) is 2.21. The first-order chi connectivity index (χ1) is 7.61. The second-order valence-electron chi connectivity index (χ2n) is 4.19. The Bertz CT molecular complexity index is 518. The Morgan fingerprint density at radius 1 is 1.06 bits per heavy atom. The molecule has 0 aliphatic carbocycles. The van der Waals surface area contributed by atoms with Gasteiger partial charge in [0.05, 0.1) is 0 Å². The van der Waals surface area contributed by atoms with Crippen molar-refractivity contribution >= 4 is 18.5 Å². The van der Waals surface area contributed by atoms with Gasteiger partial charge in [-0.25, -0.2) is 0 Å². The van der Waals surface area contributed by atoms with Gasteiger partial charge < -0.3 is 0 Å². The van der Waals surface area contributed by atoms with Crippen LogP contribution in [0.4, 0.5) is 0 Å². The van der Waals surface area contributed by atoms with Crippen LogP contribution in [0, 0.1) is 20.8 Å². The summed E-state index contributed by atoms with van der Waals surface area (Å²) in [6, 6.07) is 8.37. The topological polar surface area (TPSA) is 0 Å². The molecule has 1 heterocycles. The maximum atomic E-state index is 6.30. The zero-order valence-electron chi connectivity index (χ0n) is 9.84. The number of hydrogen-bond acceptors (Lipinski definition) is 0. The fraction of sp³-hybridized carbons (Fsp3) is 0.214. The molecular formula is C14H14BCl. The van der Waals surface area contributed by atoms with Crippen LogP contribution in [0.15, 0.2) is 30.2 Å². The van der Waals surface area contributed by atoms with Gasteiger partial charge in [-0.1, -0.05) is 0 Å². The Labute approximate surface area is 102 Å². The molecule has 0 amide bonds. The third-order valence-corrected chi connectivity index (χ3v) is 3.52. The van der Waals surface area contributed by atoms with Crippen molar-refractivity contribution in [2.45, 2.75) is 20.8 Å². The summed E-state index contributed by atoms with van der Waals surface area (Å²) in [4.78, 5) is 0. The van der Waals surface area contributed by atoms with Crippen molar-refractivity contribution in [1.82, 2.24) is 0 Å². The average molecular weight is 229 g/mol. The van der Waals surface area contributed by atoms with E-state index in [9.17, 15) is 0 Å². The van der Waals surface area contributed by atoms with Crippen LogP contribution in [0.3, 0.4) is 0 Å². The molecule has 0 unspecified atom stereocenters. The third-order valence-electron chi connectivity index (χ3n) is 2.94. The van der Waals surface area contributed by atoms with Gasteiger partial charge in [-0.15, -0.1) is 0 Å². The molecule has 1 aromatic heterocycles. The summed E-state index contributed by atoms with van der Waals surface area (Å²) in [5, 5.41) is 0.879. The third kappa shape index (κ3) is 1.92. The second kappa shape index (κ2) is 4.43. The molecule has 2 heteroatoms. The zero-order chi connectivity index (χ0) is 11.7. The Morgan fingerprint density at radius 3 is 2.44 bits per heavy atom. The van der Waals surface area contributed by atoms with Crippen molar-refractivity contribution in [2.24, 2.45) is 0 Å². The molecular weight excluding hydrogens is 214 g/mol. The molecule has 0 fully saturated rings. The van der Waals surface area contributed by atoms with Crippen molar-refractivity contribution in [1.29, 1.82) is 0 Å². The number of hydrogen-bond donors (Lipinski definition) is 0. The molecule has 1 aromatic carbocycles. The molecule has 0 spiro atoms. The summed E-state index contributed by atoms with van der Waals surface area (Å²) in [6.45, 7) is 8.40. The quantitative estimate of drug-likeness (QED) is 0.684. The van der Waals surface area contributed by atoms with Crippen molar-refractivity contribution in [3.05, 3.63) is 51.9 Å². The van der Waals surface area contributed by atoms with Crippen LogP contribution in [0.2, 0.25) is 5.02 Å². The normalized spacial score (nSPS) is 10.2. The van der Waals surface area contributed by atoms with Crippen molar-refractivity contribution in [3.8, 4) is 11.0 Å². The van der Waals surface area contributed by atoms with E-state index in [4.69, 9.17) is 11.6 Å². The van der Waals surface area contributed by atoms with E-state index in [0.29, 0.717) is 0 Å². The predicted octanol–water partition coefficient (Wildman–Crippen LogP) is 4.27. The van der Waals surface area contributed by atoms with E-state index in [1.54, 1.807) is 0 Å². The van der Waals surface area contributed by atoms with E-state index in [-0.39, 0.29) is 0 Å². The molecule has 80 valence electrons. The van der Waals surface area contributed by atoms with Crippen molar-refractivity contribution in [2.75, 3.05) is 0 Å². The molecule has 0 aliphatic heterocycles. The van der Waals surface area contributed by atoms with Crippen molar-refractivity contribution < 1.29 is 0 Å². The number of halogens is 1. The Kier molecular flexibility index (Phi) is 3.16. The maximum absolute atomic E-state index is 6.30. The van der Waals surface area contributed by atoms with Crippen LogP contribution in [-0.2, 0) is 0 Å². The van der Waals surface area contributed by atoms with Gasteiger partial charge in [0.25, 0.3) is 0 Å². The van der Waals surface area contributed by atoms with Crippen molar-refractivity contribution in [3.63, 3.8) is 0 Å². The molecule has 0 bridgehead atoms. The molecule has 2 rings (SSSR count). The zero-order valence-corrected chi connectivity index (χ0v) is 10.6. The first-order valence-corrected chi connectivity index (χ1v) is 5.80. The number of aryl methyl sites for hydroxylation is 2. The molecule has 0 N–H and O–H groups in total. The van der Waals surface area contributed by atoms with Crippen LogP contribution in [0.5, 0.6) is 0 Å². The molecule has 0 saturated heterocycles. The Hall–Kier alpha value is -1.08. The Balaban J connectivity index is 2.71. The molecule has 0 atom stereocenters. The Morgan fingerprint density at radius 2 is 1.81 bits per heavy atom. The van der Waals surface area contributed by atoms with Gasteiger partial charge in [0.15, 0.2) is 0 Å². The molecule has 0 saturated carbocycles. The monoisotopic (exact) mass is 228 g/mol. The van der Waals surface area contributed by atoms with E-state index in [1.165, 1.54) is 22.1 Å². The summed E-state index contributed by atoms with van der Waals surface area (Å²) in [5.74, 6) is 2.06. The average Bonchev–Trinajstić information content (AvgIpc) is 2.28. The summed E-state index contributed by atoms with van der Waals surface area (Å²) < 4.78 is 0. The fourth-order valence-corrected chi connectivity index (χ4v) is 2.36. The molecule has 0 aliphatic rings. The number of rotatable bonds is 1. The summed E-state index contributed by atoms with van der Waals surface area (Å²) in [6.07, 6.45) is 0. The van der Waals surface area contributed by atoms with Crippen LogP contribution in [0.25, 0.3) is 11.0 Å². The molecule has 0 radical (unpaired) electrons. The standard InChI is InChI=1S/C14H14BCl/c1-9-8-10(2)14(16)11(3)13(9)12-6-4-5-7-15-12/h4-8H,1-3H3. The van der Waals surface area contributed by atoms with E-state index in [1.807, 2.05) is 6.07 Å². The summed E-state index contributed by atoms with van der Waals surface area (Å²) in [5.41, 5.74) is 6.10. The number of benzene rings is 1. The van der Waals surface area contributed by atoms with Gasteiger partial charge in [-0.3, -0.25) is 0 Å². The van der Waals surface area contributed by atoms with Gasteiger partial charge in [-0.05, 0) is 0 Å². The molecule has 0 nitrogen and oxygen atoms in total. The van der Waals surface area contributed by atoms with E-state index in [2.05, 4.69) is 51.8 Å². The van der Waals surface area contributed by atoms with Gasteiger partial charge in [0.1, 0.15) is 0 Å². The van der Waals surface area contributed by atoms with E-state index >= 15 is 0 Å². The minimum absolute atomic E-state index is 0.879. The first-order valence-electron chi connectivity index (χ1n) is 5.43. The summed E-state index contributed by atoms with van der Waals surface area (Å²) >= 11 is 6.30. The van der Waals surface area contributed by atoms with Gasteiger partial charge in [0.2, 0.25) is 0 Å². The molecule has 16 heavy (non-hydrogen) atoms.